The molecule has 0 radical (unpaired) electrons. The average Bonchev–Trinajstić information content (AvgIpc) is 3.13. The van der Waals surface area contributed by atoms with Crippen molar-refractivity contribution in [2.45, 2.75) is 31.7 Å². The molecule has 1 fully saturated rings. The lowest BCUT2D eigenvalue weighted by molar-refractivity contribution is 0.489. The van der Waals surface area contributed by atoms with Gasteiger partial charge in [0.2, 0.25) is 5.89 Å². The molecule has 0 spiro atoms. The van der Waals surface area contributed by atoms with Crippen LogP contribution in [0.3, 0.4) is 0 Å². The SMILES string of the molecule is Clc1ccc(-c2nnc(CCCNC3CC3)o2)nc1. The number of pyridine rings is 1. The van der Waals surface area contributed by atoms with Crippen molar-refractivity contribution < 1.29 is 4.42 Å². The molecule has 6 heteroatoms. The number of hydrogen-bond acceptors (Lipinski definition) is 5. The third-order valence-corrected chi connectivity index (χ3v) is 3.21. The third-order valence-electron chi connectivity index (χ3n) is 2.99. The van der Waals surface area contributed by atoms with Crippen LogP contribution in [0.15, 0.2) is 22.7 Å². The molecule has 1 aliphatic carbocycles. The van der Waals surface area contributed by atoms with Gasteiger partial charge in [-0.25, -0.2) is 4.98 Å². The summed E-state index contributed by atoms with van der Waals surface area (Å²) in [5.74, 6) is 1.10. The summed E-state index contributed by atoms with van der Waals surface area (Å²) in [6.07, 6.45) is 5.99. The molecule has 0 atom stereocenters. The van der Waals surface area contributed by atoms with E-state index in [1.165, 1.54) is 12.8 Å². The maximum absolute atomic E-state index is 5.78. The first-order chi connectivity index (χ1) is 9.31. The predicted molar refractivity (Wildman–Crippen MR) is 71.9 cm³/mol. The highest BCUT2D eigenvalue weighted by atomic mass is 35.5. The first-order valence-corrected chi connectivity index (χ1v) is 6.87. The number of aryl methyl sites for hydroxylation is 1. The van der Waals surface area contributed by atoms with E-state index in [-0.39, 0.29) is 0 Å². The number of nitrogens with zero attached hydrogens (tertiary/aromatic N) is 3. The topological polar surface area (TPSA) is 63.8 Å². The third kappa shape index (κ3) is 3.52. The fraction of sp³-hybridized carbons (Fsp3) is 0.462. The molecule has 0 saturated heterocycles. The summed E-state index contributed by atoms with van der Waals surface area (Å²) in [4.78, 5) is 4.15. The molecule has 1 N–H and O–H groups in total. The van der Waals surface area contributed by atoms with Gasteiger partial charge >= 0.3 is 0 Å². The van der Waals surface area contributed by atoms with Crippen LogP contribution in [0.2, 0.25) is 5.02 Å². The summed E-state index contributed by atoms with van der Waals surface area (Å²) in [7, 11) is 0. The Hall–Kier alpha value is -1.46. The van der Waals surface area contributed by atoms with E-state index in [0.29, 0.717) is 22.5 Å². The van der Waals surface area contributed by atoms with E-state index < -0.39 is 0 Å². The van der Waals surface area contributed by atoms with Crippen LogP contribution in [0.5, 0.6) is 0 Å². The Morgan fingerprint density at radius 1 is 1.32 bits per heavy atom. The van der Waals surface area contributed by atoms with Crippen molar-refractivity contribution >= 4 is 11.6 Å². The maximum atomic E-state index is 5.78. The van der Waals surface area contributed by atoms with Crippen LogP contribution in [0, 0.1) is 0 Å². The van der Waals surface area contributed by atoms with Crippen molar-refractivity contribution in [2.24, 2.45) is 0 Å². The zero-order valence-electron chi connectivity index (χ0n) is 10.5. The van der Waals surface area contributed by atoms with Crippen molar-refractivity contribution in [2.75, 3.05) is 6.54 Å². The Morgan fingerprint density at radius 3 is 2.95 bits per heavy atom. The molecular formula is C13H15ClN4O. The summed E-state index contributed by atoms with van der Waals surface area (Å²) in [5, 5.41) is 12.1. The highest BCUT2D eigenvalue weighted by Crippen LogP contribution is 2.19. The summed E-state index contributed by atoms with van der Waals surface area (Å²) in [6.45, 7) is 1.00. The fourth-order valence-corrected chi connectivity index (χ4v) is 1.91. The lowest BCUT2D eigenvalue weighted by atomic mass is 10.3. The Labute approximate surface area is 116 Å². The molecule has 1 saturated carbocycles. The normalized spacial score (nSPS) is 14.8. The molecule has 0 amide bonds. The smallest absolute Gasteiger partial charge is 0.266 e. The zero-order valence-corrected chi connectivity index (χ0v) is 11.2. The first-order valence-electron chi connectivity index (χ1n) is 6.49. The quantitative estimate of drug-likeness (QED) is 0.823. The second kappa shape index (κ2) is 5.67. The minimum Gasteiger partial charge on any atom is -0.419 e. The predicted octanol–water partition coefficient (Wildman–Crippen LogP) is 2.47. The van der Waals surface area contributed by atoms with Crippen LogP contribution in [-0.4, -0.2) is 27.8 Å². The Morgan fingerprint density at radius 2 is 2.21 bits per heavy atom. The molecule has 2 heterocycles. The molecule has 100 valence electrons. The van der Waals surface area contributed by atoms with E-state index in [1.807, 2.05) is 0 Å². The Balaban J connectivity index is 1.54. The molecule has 0 unspecified atom stereocenters. The van der Waals surface area contributed by atoms with E-state index in [1.54, 1.807) is 18.3 Å². The van der Waals surface area contributed by atoms with Crippen molar-refractivity contribution in [1.29, 1.82) is 0 Å². The number of hydrogen-bond donors (Lipinski definition) is 1. The zero-order chi connectivity index (χ0) is 13.1. The van der Waals surface area contributed by atoms with E-state index in [0.717, 1.165) is 25.4 Å². The molecule has 5 nitrogen and oxygen atoms in total. The van der Waals surface area contributed by atoms with Crippen LogP contribution in [-0.2, 0) is 6.42 Å². The second-order valence-electron chi connectivity index (χ2n) is 4.69. The van der Waals surface area contributed by atoms with E-state index in [9.17, 15) is 0 Å². The summed E-state index contributed by atoms with van der Waals surface area (Å²) < 4.78 is 5.58. The summed E-state index contributed by atoms with van der Waals surface area (Å²) in [6, 6.07) is 4.28. The minimum atomic E-state index is 0.446. The van der Waals surface area contributed by atoms with Gasteiger partial charge in [-0.1, -0.05) is 11.6 Å². The van der Waals surface area contributed by atoms with Gasteiger partial charge in [-0.3, -0.25) is 0 Å². The molecule has 2 aromatic rings. The number of aromatic nitrogens is 3. The molecule has 0 bridgehead atoms. The van der Waals surface area contributed by atoms with Crippen molar-refractivity contribution in [3.8, 4) is 11.6 Å². The van der Waals surface area contributed by atoms with Crippen LogP contribution in [0.4, 0.5) is 0 Å². The van der Waals surface area contributed by atoms with Crippen molar-refractivity contribution in [3.05, 3.63) is 29.2 Å². The lowest BCUT2D eigenvalue weighted by Gasteiger charge is -1.99. The van der Waals surface area contributed by atoms with E-state index in [4.69, 9.17) is 16.0 Å². The maximum Gasteiger partial charge on any atom is 0.266 e. The molecular weight excluding hydrogens is 264 g/mol. The molecule has 3 rings (SSSR count). The van der Waals surface area contributed by atoms with E-state index in [2.05, 4.69) is 20.5 Å². The highest BCUT2D eigenvalue weighted by Gasteiger charge is 2.19. The number of nitrogens with one attached hydrogen (secondary N) is 1. The molecule has 19 heavy (non-hydrogen) atoms. The average molecular weight is 279 g/mol. The summed E-state index contributed by atoms with van der Waals surface area (Å²) >= 11 is 5.78. The van der Waals surface area contributed by atoms with Crippen LogP contribution in [0.1, 0.15) is 25.2 Å². The van der Waals surface area contributed by atoms with E-state index >= 15 is 0 Å². The standard InChI is InChI=1S/C13H15ClN4O/c14-9-3-6-11(16-8-9)13-18-17-12(19-13)2-1-7-15-10-4-5-10/h3,6,8,10,15H,1-2,4-5,7H2. The van der Waals surface area contributed by atoms with Crippen molar-refractivity contribution in [3.63, 3.8) is 0 Å². The summed E-state index contributed by atoms with van der Waals surface area (Å²) in [5.41, 5.74) is 0.652. The van der Waals surface area contributed by atoms with Crippen LogP contribution in [0.25, 0.3) is 11.6 Å². The van der Waals surface area contributed by atoms with Gasteiger partial charge in [-0.05, 0) is 37.9 Å². The van der Waals surface area contributed by atoms with Gasteiger partial charge in [-0.15, -0.1) is 10.2 Å². The van der Waals surface area contributed by atoms with Crippen molar-refractivity contribution in [1.82, 2.24) is 20.5 Å². The Bertz CT molecular complexity index is 536. The first kappa shape index (κ1) is 12.6. The van der Waals surface area contributed by atoms with Gasteiger partial charge < -0.3 is 9.73 Å². The minimum absolute atomic E-state index is 0.446. The lowest BCUT2D eigenvalue weighted by Crippen LogP contribution is -2.17. The molecule has 1 aliphatic rings. The van der Waals surface area contributed by atoms with Crippen LogP contribution >= 0.6 is 11.6 Å². The van der Waals surface area contributed by atoms with Gasteiger partial charge in [0, 0.05) is 18.7 Å². The largest absolute Gasteiger partial charge is 0.419 e. The molecule has 0 aromatic carbocycles. The number of halogens is 1. The fourth-order valence-electron chi connectivity index (χ4n) is 1.79. The molecule has 0 aliphatic heterocycles. The second-order valence-corrected chi connectivity index (χ2v) is 5.13. The monoisotopic (exact) mass is 278 g/mol. The van der Waals surface area contributed by atoms with Gasteiger partial charge in [0.05, 0.1) is 5.02 Å². The van der Waals surface area contributed by atoms with Gasteiger partial charge in [-0.2, -0.15) is 0 Å². The highest BCUT2D eigenvalue weighted by molar-refractivity contribution is 6.30. The van der Waals surface area contributed by atoms with Gasteiger partial charge in [0.25, 0.3) is 5.89 Å². The number of rotatable bonds is 6. The van der Waals surface area contributed by atoms with Gasteiger partial charge in [0.15, 0.2) is 0 Å². The van der Waals surface area contributed by atoms with Crippen LogP contribution < -0.4 is 5.32 Å². The molecule has 2 aromatic heterocycles. The van der Waals surface area contributed by atoms with Gasteiger partial charge in [0.1, 0.15) is 5.69 Å². The Kier molecular flexibility index (Phi) is 3.75.